The van der Waals surface area contributed by atoms with E-state index in [1.54, 1.807) is 0 Å². The zero-order valence-corrected chi connectivity index (χ0v) is 13.0. The number of fused-ring (bicyclic) bond motifs is 1. The van der Waals surface area contributed by atoms with Gasteiger partial charge in [0.25, 0.3) is 0 Å². The average molecular weight is 291 g/mol. The van der Waals surface area contributed by atoms with E-state index in [4.69, 9.17) is 0 Å². The van der Waals surface area contributed by atoms with Crippen LogP contribution in [0, 0.1) is 12.3 Å². The van der Waals surface area contributed by atoms with Crippen LogP contribution in [0.5, 0.6) is 0 Å². The first-order valence-corrected chi connectivity index (χ1v) is 5.79. The second kappa shape index (κ2) is 5.45. The Morgan fingerprint density at radius 3 is 2.19 bits per heavy atom. The Bertz CT molecular complexity index is 400. The van der Waals surface area contributed by atoms with E-state index in [0.29, 0.717) is 11.8 Å². The summed E-state index contributed by atoms with van der Waals surface area (Å²) in [4.78, 5) is 0. The number of hydrogen-bond donors (Lipinski definition) is 0. The third-order valence-corrected chi connectivity index (χ3v) is 3.10. The zero-order chi connectivity index (χ0) is 11.0. The molecule has 0 aromatic heterocycles. The third kappa shape index (κ3) is 2.56. The molecule has 0 bridgehead atoms. The van der Waals surface area contributed by atoms with Gasteiger partial charge in [0.1, 0.15) is 0 Å². The molecule has 0 atom stereocenters. The Hall–Kier alpha value is -0.157. The quantitative estimate of drug-likeness (QED) is 0.756. The van der Waals surface area contributed by atoms with Crippen molar-refractivity contribution in [1.82, 2.24) is 0 Å². The summed E-state index contributed by atoms with van der Waals surface area (Å²) < 4.78 is 0. The molecule has 0 spiro atoms. The molecule has 83 valence electrons. The monoisotopic (exact) mass is 289 g/mol. The van der Waals surface area contributed by atoms with Gasteiger partial charge in [0.05, 0.1) is 0 Å². The van der Waals surface area contributed by atoms with E-state index in [0.717, 1.165) is 0 Å². The number of benzene rings is 1. The van der Waals surface area contributed by atoms with Gasteiger partial charge in [-0.3, -0.25) is 0 Å². The molecule has 1 aliphatic rings. The molecule has 1 radical (unpaired) electrons. The van der Waals surface area contributed by atoms with E-state index < -0.39 is 0 Å². The molecule has 0 fully saturated rings. The van der Waals surface area contributed by atoms with Crippen LogP contribution >= 0.6 is 0 Å². The van der Waals surface area contributed by atoms with Crippen molar-refractivity contribution in [2.75, 3.05) is 0 Å². The van der Waals surface area contributed by atoms with Gasteiger partial charge in [-0.25, -0.2) is 0 Å². The maximum absolute atomic E-state index is 2.36. The van der Waals surface area contributed by atoms with Gasteiger partial charge in [-0.05, 0) is 28.5 Å². The second-order valence-corrected chi connectivity index (χ2v) is 4.95. The van der Waals surface area contributed by atoms with E-state index in [-0.39, 0.29) is 26.2 Å². The fourth-order valence-electron chi connectivity index (χ4n) is 2.12. The topological polar surface area (TPSA) is 0 Å². The smallest absolute Gasteiger partial charge is 0.0167 e. The van der Waals surface area contributed by atoms with Crippen molar-refractivity contribution in [3.63, 3.8) is 0 Å². The fourth-order valence-corrected chi connectivity index (χ4v) is 2.12. The van der Waals surface area contributed by atoms with Gasteiger partial charge in [0.2, 0.25) is 0 Å². The van der Waals surface area contributed by atoms with Crippen molar-refractivity contribution in [2.24, 2.45) is 5.92 Å². The van der Waals surface area contributed by atoms with Crippen molar-refractivity contribution >= 4 is 6.08 Å². The Labute approximate surface area is 118 Å². The minimum atomic E-state index is 0. The van der Waals surface area contributed by atoms with Gasteiger partial charge >= 0.3 is 0 Å². The van der Waals surface area contributed by atoms with E-state index in [2.05, 4.69) is 58.4 Å². The molecule has 1 heteroatoms. The van der Waals surface area contributed by atoms with Gasteiger partial charge in [-0.1, -0.05) is 57.5 Å². The Morgan fingerprint density at radius 1 is 0.938 bits per heavy atom. The van der Waals surface area contributed by atoms with Crippen molar-refractivity contribution < 1.29 is 26.2 Å². The summed E-state index contributed by atoms with van der Waals surface area (Å²) in [6, 6.07) is 6.63. The molecular formula is C15H19Zr. The zero-order valence-electron chi connectivity index (χ0n) is 10.5. The average Bonchev–Trinajstić information content (AvgIpc) is 2.60. The summed E-state index contributed by atoms with van der Waals surface area (Å²) in [5.41, 5.74) is 5.76. The van der Waals surface area contributed by atoms with Gasteiger partial charge in [0.15, 0.2) is 0 Å². The molecule has 0 saturated heterocycles. The fraction of sp³-hybridized carbons (Fsp3) is 0.400. The molecule has 0 unspecified atom stereocenters. The standard InChI is InChI=1S/C15H19.Zr/c1-10(2)13-8-12-6-5-7-14(11(3)4)15(12)9-13;/h5-11H,1-4H3;. The van der Waals surface area contributed by atoms with Crippen LogP contribution in [0.15, 0.2) is 23.8 Å². The normalized spacial score (nSPS) is 13.8. The van der Waals surface area contributed by atoms with Crippen molar-refractivity contribution in [2.45, 2.75) is 33.6 Å². The van der Waals surface area contributed by atoms with Crippen LogP contribution in [-0.2, 0) is 26.2 Å². The molecule has 16 heavy (non-hydrogen) atoms. The van der Waals surface area contributed by atoms with Gasteiger partial charge in [-0.15, -0.1) is 0 Å². The molecule has 0 saturated carbocycles. The Balaban J connectivity index is 0.00000128. The molecule has 0 aliphatic heterocycles. The summed E-state index contributed by atoms with van der Waals surface area (Å²) in [5.74, 6) is 1.23. The minimum Gasteiger partial charge on any atom is -0.0616 e. The molecule has 0 nitrogen and oxygen atoms in total. The maximum atomic E-state index is 2.36. The summed E-state index contributed by atoms with van der Waals surface area (Å²) in [6.45, 7) is 9.03. The van der Waals surface area contributed by atoms with Crippen LogP contribution in [-0.4, -0.2) is 0 Å². The largest absolute Gasteiger partial charge is 0.0616 e. The number of rotatable bonds is 2. The first kappa shape index (κ1) is 13.9. The maximum Gasteiger partial charge on any atom is 0.0167 e. The molecule has 1 aromatic rings. The molecule has 1 aliphatic carbocycles. The van der Waals surface area contributed by atoms with E-state index in [9.17, 15) is 0 Å². The van der Waals surface area contributed by atoms with Gasteiger partial charge in [-0.2, -0.15) is 0 Å². The van der Waals surface area contributed by atoms with Gasteiger partial charge < -0.3 is 0 Å². The predicted molar refractivity (Wildman–Crippen MR) is 66.7 cm³/mol. The van der Waals surface area contributed by atoms with E-state index in [1.165, 1.54) is 22.3 Å². The van der Waals surface area contributed by atoms with Gasteiger partial charge in [0, 0.05) is 32.6 Å². The first-order valence-electron chi connectivity index (χ1n) is 5.79. The van der Waals surface area contributed by atoms with Crippen LogP contribution in [0.1, 0.15) is 50.3 Å². The van der Waals surface area contributed by atoms with Crippen LogP contribution in [0.2, 0.25) is 0 Å². The molecule has 0 heterocycles. The summed E-state index contributed by atoms with van der Waals surface area (Å²) >= 11 is 0. The van der Waals surface area contributed by atoms with E-state index in [1.807, 2.05) is 0 Å². The Morgan fingerprint density at radius 2 is 1.62 bits per heavy atom. The Kier molecular flexibility index (Phi) is 4.74. The second-order valence-electron chi connectivity index (χ2n) is 4.95. The molecule has 2 rings (SSSR count). The molecule has 0 N–H and O–H groups in total. The van der Waals surface area contributed by atoms with E-state index >= 15 is 0 Å². The summed E-state index contributed by atoms with van der Waals surface area (Å²) in [7, 11) is 0. The van der Waals surface area contributed by atoms with Crippen LogP contribution in [0.4, 0.5) is 0 Å². The number of hydrogen-bond acceptors (Lipinski definition) is 0. The minimum absolute atomic E-state index is 0. The predicted octanol–water partition coefficient (Wildman–Crippen LogP) is 4.41. The summed E-state index contributed by atoms with van der Waals surface area (Å²) in [6.07, 6.45) is 4.68. The summed E-state index contributed by atoms with van der Waals surface area (Å²) in [5, 5.41) is 0. The van der Waals surface area contributed by atoms with Crippen LogP contribution in [0.3, 0.4) is 0 Å². The third-order valence-electron chi connectivity index (χ3n) is 3.10. The van der Waals surface area contributed by atoms with Crippen molar-refractivity contribution in [1.29, 1.82) is 0 Å². The van der Waals surface area contributed by atoms with Crippen molar-refractivity contribution in [3.05, 3.63) is 46.9 Å². The van der Waals surface area contributed by atoms with Crippen LogP contribution in [0.25, 0.3) is 6.08 Å². The molecular weight excluding hydrogens is 271 g/mol. The first-order chi connectivity index (χ1) is 7.09. The van der Waals surface area contributed by atoms with Crippen LogP contribution < -0.4 is 0 Å². The SMILES string of the molecule is CC(C)C1=Cc2c(cccc2C(C)C)[CH]1.[Zr]. The number of allylic oxidation sites excluding steroid dienone is 1. The van der Waals surface area contributed by atoms with Crippen molar-refractivity contribution in [3.8, 4) is 0 Å². The molecule has 1 aromatic carbocycles. The molecule has 0 amide bonds.